The third-order valence-corrected chi connectivity index (χ3v) is 3.87. The number of hydrogen-bond acceptors (Lipinski definition) is 2. The first kappa shape index (κ1) is 13.5. The molecular weight excluding hydrogens is 202 g/mol. The summed E-state index contributed by atoms with van der Waals surface area (Å²) < 4.78 is 0. The Bertz CT molecular complexity index is 230. The van der Waals surface area contributed by atoms with Gasteiger partial charge < -0.3 is 5.11 Å². The number of rotatable bonds is 5. The van der Waals surface area contributed by atoms with Crippen molar-refractivity contribution in [2.24, 2.45) is 11.8 Å². The van der Waals surface area contributed by atoms with Gasteiger partial charge in [-0.05, 0) is 37.6 Å². The molecule has 1 saturated carbocycles. The SMILES string of the molecule is CCN(CCC(=O)O)C1CCC(C)CC1C. The smallest absolute Gasteiger partial charge is 0.304 e. The van der Waals surface area contributed by atoms with Gasteiger partial charge in [0.25, 0.3) is 0 Å². The van der Waals surface area contributed by atoms with Crippen LogP contribution in [0.2, 0.25) is 0 Å². The van der Waals surface area contributed by atoms with Crippen molar-refractivity contribution in [3.63, 3.8) is 0 Å². The highest BCUT2D eigenvalue weighted by Gasteiger charge is 2.29. The fraction of sp³-hybridized carbons (Fsp3) is 0.923. The molecule has 0 aromatic heterocycles. The maximum atomic E-state index is 10.6. The summed E-state index contributed by atoms with van der Waals surface area (Å²) >= 11 is 0. The molecule has 1 N–H and O–H groups in total. The highest BCUT2D eigenvalue weighted by Crippen LogP contribution is 2.31. The van der Waals surface area contributed by atoms with Crippen molar-refractivity contribution in [2.75, 3.05) is 13.1 Å². The minimum absolute atomic E-state index is 0.270. The molecule has 3 nitrogen and oxygen atoms in total. The van der Waals surface area contributed by atoms with E-state index in [1.165, 1.54) is 19.3 Å². The fourth-order valence-corrected chi connectivity index (χ4v) is 2.99. The van der Waals surface area contributed by atoms with Gasteiger partial charge in [-0.25, -0.2) is 0 Å². The van der Waals surface area contributed by atoms with Crippen molar-refractivity contribution in [1.82, 2.24) is 4.90 Å². The molecule has 16 heavy (non-hydrogen) atoms. The summed E-state index contributed by atoms with van der Waals surface area (Å²) in [6.45, 7) is 8.43. The highest BCUT2D eigenvalue weighted by molar-refractivity contribution is 5.66. The third-order valence-electron chi connectivity index (χ3n) is 3.87. The third kappa shape index (κ3) is 3.78. The van der Waals surface area contributed by atoms with Gasteiger partial charge in [0.2, 0.25) is 0 Å². The zero-order valence-electron chi connectivity index (χ0n) is 10.8. The van der Waals surface area contributed by atoms with Crippen LogP contribution in [0.3, 0.4) is 0 Å². The molecule has 0 heterocycles. The number of aliphatic carboxylic acids is 1. The van der Waals surface area contributed by atoms with E-state index in [-0.39, 0.29) is 6.42 Å². The predicted octanol–water partition coefficient (Wildman–Crippen LogP) is 2.61. The number of nitrogens with zero attached hydrogens (tertiary/aromatic N) is 1. The van der Waals surface area contributed by atoms with Gasteiger partial charge in [0.05, 0.1) is 6.42 Å². The van der Waals surface area contributed by atoms with Crippen molar-refractivity contribution in [3.8, 4) is 0 Å². The fourth-order valence-electron chi connectivity index (χ4n) is 2.99. The number of hydrogen-bond donors (Lipinski definition) is 1. The molecule has 3 atom stereocenters. The first-order valence-corrected chi connectivity index (χ1v) is 6.50. The molecule has 0 saturated heterocycles. The minimum atomic E-state index is -0.685. The number of carboxylic acids is 1. The van der Waals surface area contributed by atoms with Crippen molar-refractivity contribution in [1.29, 1.82) is 0 Å². The lowest BCUT2D eigenvalue weighted by molar-refractivity contribution is -0.137. The van der Waals surface area contributed by atoms with Crippen molar-refractivity contribution < 1.29 is 9.90 Å². The minimum Gasteiger partial charge on any atom is -0.481 e. The molecule has 1 fully saturated rings. The van der Waals surface area contributed by atoms with Crippen molar-refractivity contribution in [2.45, 2.75) is 52.5 Å². The first-order chi connectivity index (χ1) is 7.54. The predicted molar refractivity (Wildman–Crippen MR) is 65.5 cm³/mol. The Morgan fingerprint density at radius 2 is 2.06 bits per heavy atom. The van der Waals surface area contributed by atoms with E-state index in [1.807, 2.05) is 0 Å². The van der Waals surface area contributed by atoms with Crippen LogP contribution in [0.1, 0.15) is 46.5 Å². The molecule has 0 spiro atoms. The Labute approximate surface area is 98.8 Å². The van der Waals surface area contributed by atoms with E-state index in [0.717, 1.165) is 12.5 Å². The second-order valence-electron chi connectivity index (χ2n) is 5.24. The lowest BCUT2D eigenvalue weighted by Gasteiger charge is -2.40. The Balaban J connectivity index is 2.48. The average Bonchev–Trinajstić information content (AvgIpc) is 2.21. The van der Waals surface area contributed by atoms with Crippen LogP contribution in [-0.2, 0) is 4.79 Å². The summed E-state index contributed by atoms with van der Waals surface area (Å²) in [6.07, 6.45) is 4.08. The quantitative estimate of drug-likeness (QED) is 0.785. The van der Waals surface area contributed by atoms with Crippen LogP contribution >= 0.6 is 0 Å². The van der Waals surface area contributed by atoms with E-state index in [0.29, 0.717) is 18.5 Å². The molecule has 3 heteroatoms. The van der Waals surface area contributed by atoms with Gasteiger partial charge in [0.1, 0.15) is 0 Å². The second-order valence-corrected chi connectivity index (χ2v) is 5.24. The lowest BCUT2D eigenvalue weighted by Crippen LogP contribution is -2.43. The summed E-state index contributed by atoms with van der Waals surface area (Å²) in [5.41, 5.74) is 0. The molecule has 1 aliphatic rings. The van der Waals surface area contributed by atoms with Crippen LogP contribution in [0.4, 0.5) is 0 Å². The van der Waals surface area contributed by atoms with Crippen molar-refractivity contribution >= 4 is 5.97 Å². The van der Waals surface area contributed by atoms with Crippen molar-refractivity contribution in [3.05, 3.63) is 0 Å². The zero-order chi connectivity index (χ0) is 12.1. The van der Waals surface area contributed by atoms with E-state index in [2.05, 4.69) is 25.7 Å². The van der Waals surface area contributed by atoms with Gasteiger partial charge in [0, 0.05) is 12.6 Å². The molecule has 0 aromatic rings. The number of carbonyl (C=O) groups is 1. The van der Waals surface area contributed by atoms with E-state index >= 15 is 0 Å². The summed E-state index contributed by atoms with van der Waals surface area (Å²) in [6, 6.07) is 0.598. The Morgan fingerprint density at radius 1 is 1.38 bits per heavy atom. The highest BCUT2D eigenvalue weighted by atomic mass is 16.4. The van der Waals surface area contributed by atoms with Crippen LogP contribution in [0.5, 0.6) is 0 Å². The molecule has 3 unspecified atom stereocenters. The maximum Gasteiger partial charge on any atom is 0.304 e. The van der Waals surface area contributed by atoms with Gasteiger partial charge in [-0.15, -0.1) is 0 Å². The molecule has 0 aliphatic heterocycles. The Hall–Kier alpha value is -0.570. The van der Waals surface area contributed by atoms with Crippen LogP contribution in [-0.4, -0.2) is 35.1 Å². The Kier molecular flexibility index (Phi) is 5.26. The number of carboxylic acid groups (broad SMARTS) is 1. The van der Waals surface area contributed by atoms with Gasteiger partial charge >= 0.3 is 5.97 Å². The summed E-state index contributed by atoms with van der Waals surface area (Å²) in [7, 11) is 0. The lowest BCUT2D eigenvalue weighted by atomic mass is 9.79. The maximum absolute atomic E-state index is 10.6. The molecule has 0 bridgehead atoms. The Morgan fingerprint density at radius 3 is 2.56 bits per heavy atom. The topological polar surface area (TPSA) is 40.5 Å². The molecule has 0 radical (unpaired) electrons. The molecule has 0 aromatic carbocycles. The summed E-state index contributed by atoms with van der Waals surface area (Å²) in [5.74, 6) is 0.859. The van der Waals surface area contributed by atoms with E-state index < -0.39 is 5.97 Å². The van der Waals surface area contributed by atoms with Gasteiger partial charge in [-0.1, -0.05) is 20.8 Å². The molecule has 0 amide bonds. The van der Waals surface area contributed by atoms with Crippen LogP contribution in [0.15, 0.2) is 0 Å². The van der Waals surface area contributed by atoms with Crippen LogP contribution < -0.4 is 0 Å². The summed E-state index contributed by atoms with van der Waals surface area (Å²) in [5, 5.41) is 8.74. The van der Waals surface area contributed by atoms with Crippen LogP contribution in [0, 0.1) is 11.8 Å². The van der Waals surface area contributed by atoms with E-state index in [4.69, 9.17) is 5.11 Å². The van der Waals surface area contributed by atoms with Crippen LogP contribution in [0.25, 0.3) is 0 Å². The monoisotopic (exact) mass is 227 g/mol. The normalized spacial score (nSPS) is 30.6. The van der Waals surface area contributed by atoms with Gasteiger partial charge in [-0.3, -0.25) is 9.69 Å². The molecular formula is C13H25NO2. The second kappa shape index (κ2) is 6.24. The molecule has 1 aliphatic carbocycles. The summed E-state index contributed by atoms with van der Waals surface area (Å²) in [4.78, 5) is 13.0. The zero-order valence-corrected chi connectivity index (χ0v) is 10.8. The van der Waals surface area contributed by atoms with E-state index in [9.17, 15) is 4.79 Å². The average molecular weight is 227 g/mol. The molecule has 1 rings (SSSR count). The van der Waals surface area contributed by atoms with Gasteiger partial charge in [0.15, 0.2) is 0 Å². The first-order valence-electron chi connectivity index (χ1n) is 6.50. The van der Waals surface area contributed by atoms with E-state index in [1.54, 1.807) is 0 Å². The standard InChI is InChI=1S/C13H25NO2/c1-4-14(8-7-13(15)16)12-6-5-10(2)9-11(12)3/h10-12H,4-9H2,1-3H3,(H,15,16). The largest absolute Gasteiger partial charge is 0.481 e. The van der Waals surface area contributed by atoms with Gasteiger partial charge in [-0.2, -0.15) is 0 Å². The molecule has 94 valence electrons.